The van der Waals surface area contributed by atoms with Crippen molar-refractivity contribution in [2.75, 3.05) is 12.3 Å². The number of aryl methyl sites for hydroxylation is 1. The second-order valence-electron chi connectivity index (χ2n) is 5.37. The highest BCUT2D eigenvalue weighted by atomic mass is 16.5. The highest BCUT2D eigenvalue weighted by Gasteiger charge is 2.39. The van der Waals surface area contributed by atoms with Crippen LogP contribution in [0.3, 0.4) is 0 Å². The summed E-state index contributed by atoms with van der Waals surface area (Å²) >= 11 is 0. The maximum atomic E-state index is 6.02. The number of nitrogen functional groups attached to an aromatic ring is 1. The Balaban J connectivity index is 2.31. The lowest BCUT2D eigenvalue weighted by molar-refractivity contribution is -0.0836. The normalized spacial score (nSPS) is 28.3. The topological polar surface area (TPSA) is 61.0 Å². The van der Waals surface area contributed by atoms with Crippen LogP contribution in [-0.2, 0) is 10.3 Å². The molecule has 0 spiro atoms. The van der Waals surface area contributed by atoms with Gasteiger partial charge in [-0.15, -0.1) is 0 Å². The average Bonchev–Trinajstić information content (AvgIpc) is 2.36. The number of nitrogens with zero attached hydrogens (tertiary/aromatic N) is 2. The van der Waals surface area contributed by atoms with Crippen LogP contribution in [0.4, 0.5) is 5.82 Å². The summed E-state index contributed by atoms with van der Waals surface area (Å²) < 4.78 is 6.02. The van der Waals surface area contributed by atoms with Crippen molar-refractivity contribution >= 4 is 5.82 Å². The fourth-order valence-electron chi connectivity index (χ4n) is 2.61. The molecule has 1 aromatic rings. The van der Waals surface area contributed by atoms with Gasteiger partial charge in [0.15, 0.2) is 5.82 Å². The smallest absolute Gasteiger partial charge is 0.162 e. The summed E-state index contributed by atoms with van der Waals surface area (Å²) in [5.41, 5.74) is 6.51. The number of ether oxygens (including phenoxy) is 1. The van der Waals surface area contributed by atoms with Crippen LogP contribution >= 0.6 is 0 Å². The summed E-state index contributed by atoms with van der Waals surface area (Å²) in [7, 11) is 0. The van der Waals surface area contributed by atoms with Crippen LogP contribution in [0.2, 0.25) is 0 Å². The van der Waals surface area contributed by atoms with E-state index >= 15 is 0 Å². The molecule has 0 unspecified atom stereocenters. The Morgan fingerprint density at radius 3 is 2.67 bits per heavy atom. The molecule has 1 heterocycles. The molecule has 0 radical (unpaired) electrons. The summed E-state index contributed by atoms with van der Waals surface area (Å²) in [6.45, 7) is 6.93. The van der Waals surface area contributed by atoms with Gasteiger partial charge in [-0.25, -0.2) is 9.97 Å². The van der Waals surface area contributed by atoms with Gasteiger partial charge in [-0.05, 0) is 45.4 Å². The first-order chi connectivity index (χ1) is 8.57. The summed E-state index contributed by atoms with van der Waals surface area (Å²) in [6, 6.07) is 0. The zero-order valence-corrected chi connectivity index (χ0v) is 11.6. The monoisotopic (exact) mass is 249 g/mol. The van der Waals surface area contributed by atoms with Crippen LogP contribution in [-0.4, -0.2) is 16.6 Å². The summed E-state index contributed by atoms with van der Waals surface area (Å²) in [6.07, 6.45) is 6.11. The molecule has 0 aliphatic heterocycles. The Morgan fingerprint density at radius 2 is 2.11 bits per heavy atom. The van der Waals surface area contributed by atoms with E-state index in [9.17, 15) is 0 Å². The minimum atomic E-state index is -0.316. The SMILES string of the molecule is CCOC1(c2ncc(C)c(N)n2)CCC(C)CC1. The van der Waals surface area contributed by atoms with Gasteiger partial charge in [-0.1, -0.05) is 6.92 Å². The van der Waals surface area contributed by atoms with E-state index in [1.54, 1.807) is 6.20 Å². The molecule has 1 aliphatic carbocycles. The van der Waals surface area contributed by atoms with Gasteiger partial charge in [0.25, 0.3) is 0 Å². The van der Waals surface area contributed by atoms with Crippen molar-refractivity contribution in [3.8, 4) is 0 Å². The van der Waals surface area contributed by atoms with Crippen LogP contribution in [0, 0.1) is 12.8 Å². The second-order valence-corrected chi connectivity index (χ2v) is 5.37. The van der Waals surface area contributed by atoms with E-state index in [0.29, 0.717) is 12.4 Å². The van der Waals surface area contributed by atoms with Crippen molar-refractivity contribution in [1.82, 2.24) is 9.97 Å². The molecule has 1 fully saturated rings. The van der Waals surface area contributed by atoms with Crippen molar-refractivity contribution in [3.63, 3.8) is 0 Å². The predicted molar refractivity (Wildman–Crippen MR) is 72.1 cm³/mol. The van der Waals surface area contributed by atoms with Gasteiger partial charge >= 0.3 is 0 Å². The molecular weight excluding hydrogens is 226 g/mol. The highest BCUT2D eigenvalue weighted by Crippen LogP contribution is 2.41. The zero-order chi connectivity index (χ0) is 13.2. The first kappa shape index (κ1) is 13.3. The third-order valence-corrected chi connectivity index (χ3v) is 3.92. The van der Waals surface area contributed by atoms with E-state index in [1.807, 2.05) is 13.8 Å². The molecule has 2 rings (SSSR count). The van der Waals surface area contributed by atoms with Crippen LogP contribution in [0.1, 0.15) is 50.9 Å². The van der Waals surface area contributed by atoms with E-state index in [1.165, 1.54) is 0 Å². The van der Waals surface area contributed by atoms with E-state index in [4.69, 9.17) is 10.5 Å². The molecule has 1 aromatic heterocycles. The zero-order valence-electron chi connectivity index (χ0n) is 11.6. The van der Waals surface area contributed by atoms with Crippen molar-refractivity contribution in [2.24, 2.45) is 5.92 Å². The number of hydrogen-bond acceptors (Lipinski definition) is 4. The van der Waals surface area contributed by atoms with Crippen LogP contribution in [0.5, 0.6) is 0 Å². The lowest BCUT2D eigenvalue weighted by atomic mass is 9.79. The molecule has 100 valence electrons. The molecule has 0 bridgehead atoms. The summed E-state index contributed by atoms with van der Waals surface area (Å²) in [4.78, 5) is 8.92. The van der Waals surface area contributed by atoms with Gasteiger partial charge in [0.1, 0.15) is 11.4 Å². The lowest BCUT2D eigenvalue weighted by Gasteiger charge is -2.37. The molecule has 4 nitrogen and oxygen atoms in total. The molecule has 0 amide bonds. The Hall–Kier alpha value is -1.16. The number of aromatic nitrogens is 2. The molecule has 0 atom stereocenters. The first-order valence-electron chi connectivity index (χ1n) is 6.81. The Bertz CT molecular complexity index is 412. The second kappa shape index (κ2) is 5.22. The lowest BCUT2D eigenvalue weighted by Crippen LogP contribution is -2.36. The summed E-state index contributed by atoms with van der Waals surface area (Å²) in [5.74, 6) is 2.10. The Labute approximate surface area is 109 Å². The minimum Gasteiger partial charge on any atom is -0.383 e. The van der Waals surface area contributed by atoms with Crippen molar-refractivity contribution in [3.05, 3.63) is 17.6 Å². The van der Waals surface area contributed by atoms with Gasteiger partial charge in [0.2, 0.25) is 0 Å². The molecule has 0 aromatic carbocycles. The van der Waals surface area contributed by atoms with Crippen LogP contribution in [0.15, 0.2) is 6.20 Å². The van der Waals surface area contributed by atoms with Gasteiger partial charge in [-0.2, -0.15) is 0 Å². The number of anilines is 1. The first-order valence-corrected chi connectivity index (χ1v) is 6.81. The number of hydrogen-bond donors (Lipinski definition) is 1. The Morgan fingerprint density at radius 1 is 1.44 bits per heavy atom. The van der Waals surface area contributed by atoms with Crippen LogP contribution < -0.4 is 5.73 Å². The minimum absolute atomic E-state index is 0.316. The van der Waals surface area contributed by atoms with Gasteiger partial charge < -0.3 is 10.5 Å². The molecular formula is C14H23N3O. The van der Waals surface area contributed by atoms with E-state index in [-0.39, 0.29) is 5.60 Å². The molecule has 0 saturated heterocycles. The van der Waals surface area contributed by atoms with Gasteiger partial charge in [0.05, 0.1) is 0 Å². The van der Waals surface area contributed by atoms with Crippen molar-refractivity contribution in [1.29, 1.82) is 0 Å². The Kier molecular flexibility index (Phi) is 3.85. The van der Waals surface area contributed by atoms with Crippen molar-refractivity contribution in [2.45, 2.75) is 52.1 Å². The molecule has 1 saturated carbocycles. The molecule has 2 N–H and O–H groups in total. The predicted octanol–water partition coefficient (Wildman–Crippen LogP) is 2.81. The molecule has 18 heavy (non-hydrogen) atoms. The van der Waals surface area contributed by atoms with E-state index in [0.717, 1.165) is 43.0 Å². The molecule has 1 aliphatic rings. The standard InChI is InChI=1S/C14H23N3O/c1-4-18-14(7-5-10(2)6-8-14)13-16-9-11(3)12(15)17-13/h9-10H,4-8H2,1-3H3,(H2,15,16,17). The molecule has 4 heteroatoms. The third kappa shape index (κ3) is 2.48. The maximum Gasteiger partial charge on any atom is 0.162 e. The highest BCUT2D eigenvalue weighted by molar-refractivity contribution is 5.36. The largest absolute Gasteiger partial charge is 0.383 e. The third-order valence-electron chi connectivity index (χ3n) is 3.92. The quantitative estimate of drug-likeness (QED) is 0.894. The number of rotatable bonds is 3. The maximum absolute atomic E-state index is 6.02. The van der Waals surface area contributed by atoms with Gasteiger partial charge in [-0.3, -0.25) is 0 Å². The van der Waals surface area contributed by atoms with Crippen molar-refractivity contribution < 1.29 is 4.74 Å². The van der Waals surface area contributed by atoms with E-state index in [2.05, 4.69) is 16.9 Å². The number of nitrogens with two attached hydrogens (primary N) is 1. The van der Waals surface area contributed by atoms with E-state index < -0.39 is 0 Å². The fourth-order valence-corrected chi connectivity index (χ4v) is 2.61. The van der Waals surface area contributed by atoms with Gasteiger partial charge in [0, 0.05) is 18.4 Å². The van der Waals surface area contributed by atoms with Crippen LogP contribution in [0.25, 0.3) is 0 Å². The average molecular weight is 249 g/mol. The fraction of sp³-hybridized carbons (Fsp3) is 0.714. The summed E-state index contributed by atoms with van der Waals surface area (Å²) in [5, 5.41) is 0.